The highest BCUT2D eigenvalue weighted by Gasteiger charge is 2.12. The average Bonchev–Trinajstić information content (AvgIpc) is 2.20. The normalized spacial score (nSPS) is 12.0. The van der Waals surface area contributed by atoms with Gasteiger partial charge >= 0.3 is 0 Å². The SMILES string of the molecule is CN(C)S(=O)(=O)CSCc1ccc(Cl)cc1. The number of sulfonamides is 1. The number of rotatable bonds is 5. The van der Waals surface area contributed by atoms with Gasteiger partial charge in [-0.3, -0.25) is 0 Å². The third kappa shape index (κ3) is 4.33. The zero-order valence-electron chi connectivity index (χ0n) is 9.18. The Kier molecular flexibility index (Phi) is 5.11. The number of hydrogen-bond acceptors (Lipinski definition) is 3. The minimum Gasteiger partial charge on any atom is -0.211 e. The summed E-state index contributed by atoms with van der Waals surface area (Å²) in [5.74, 6) is 0.671. The van der Waals surface area contributed by atoms with Crippen LogP contribution < -0.4 is 0 Å². The molecule has 0 aromatic heterocycles. The van der Waals surface area contributed by atoms with Crippen LogP contribution in [-0.2, 0) is 15.8 Å². The maximum absolute atomic E-state index is 11.5. The fourth-order valence-corrected chi connectivity index (χ4v) is 3.52. The summed E-state index contributed by atoms with van der Waals surface area (Å²) in [5, 5.41) is 0.789. The van der Waals surface area contributed by atoms with Crippen LogP contribution in [0, 0.1) is 0 Å². The summed E-state index contributed by atoms with van der Waals surface area (Å²) in [4.78, 5) is 0. The van der Waals surface area contributed by atoms with Crippen molar-refractivity contribution in [3.8, 4) is 0 Å². The Labute approximate surface area is 106 Å². The van der Waals surface area contributed by atoms with Gasteiger partial charge in [-0.15, -0.1) is 11.8 Å². The monoisotopic (exact) mass is 279 g/mol. The summed E-state index contributed by atoms with van der Waals surface area (Å²) >= 11 is 7.13. The first kappa shape index (κ1) is 13.8. The molecule has 0 saturated carbocycles. The summed E-state index contributed by atoms with van der Waals surface area (Å²) in [5.41, 5.74) is 1.07. The van der Waals surface area contributed by atoms with Crippen molar-refractivity contribution in [1.29, 1.82) is 0 Å². The summed E-state index contributed by atoms with van der Waals surface area (Å²) in [6.07, 6.45) is 0. The van der Waals surface area contributed by atoms with E-state index in [0.717, 1.165) is 5.56 Å². The lowest BCUT2D eigenvalue weighted by Crippen LogP contribution is -2.23. The number of halogens is 1. The molecule has 0 amide bonds. The van der Waals surface area contributed by atoms with Crippen LogP contribution in [0.4, 0.5) is 0 Å². The molecule has 0 heterocycles. The number of benzene rings is 1. The molecule has 0 saturated heterocycles. The van der Waals surface area contributed by atoms with Crippen molar-refractivity contribution in [2.45, 2.75) is 5.75 Å². The molecule has 0 bridgehead atoms. The molecule has 90 valence electrons. The van der Waals surface area contributed by atoms with Crippen molar-refractivity contribution in [2.75, 3.05) is 19.2 Å². The lowest BCUT2D eigenvalue weighted by atomic mass is 10.2. The van der Waals surface area contributed by atoms with E-state index in [1.165, 1.54) is 30.2 Å². The Morgan fingerprint density at radius 2 is 1.81 bits per heavy atom. The Hall–Kier alpha value is -0.230. The number of thioether (sulfide) groups is 1. The van der Waals surface area contributed by atoms with Gasteiger partial charge in [-0.1, -0.05) is 23.7 Å². The zero-order chi connectivity index (χ0) is 12.2. The molecule has 0 aliphatic carbocycles. The molecule has 1 aromatic rings. The number of nitrogens with zero attached hydrogens (tertiary/aromatic N) is 1. The highest BCUT2D eigenvalue weighted by Crippen LogP contribution is 2.17. The lowest BCUT2D eigenvalue weighted by molar-refractivity contribution is 0.526. The molecule has 0 atom stereocenters. The van der Waals surface area contributed by atoms with Crippen molar-refractivity contribution < 1.29 is 8.42 Å². The van der Waals surface area contributed by atoms with Gasteiger partial charge < -0.3 is 0 Å². The quantitative estimate of drug-likeness (QED) is 0.831. The van der Waals surface area contributed by atoms with Gasteiger partial charge in [0.1, 0.15) is 5.08 Å². The third-order valence-corrected chi connectivity index (χ3v) is 5.73. The van der Waals surface area contributed by atoms with Crippen LogP contribution in [0.25, 0.3) is 0 Å². The standard InChI is InChI=1S/C10H14ClNO2S2/c1-12(2)16(13,14)8-15-7-9-3-5-10(11)6-4-9/h3-6H,7-8H2,1-2H3. The second-order valence-electron chi connectivity index (χ2n) is 3.49. The van der Waals surface area contributed by atoms with Crippen LogP contribution in [0.2, 0.25) is 5.02 Å². The first-order valence-electron chi connectivity index (χ1n) is 4.64. The van der Waals surface area contributed by atoms with Gasteiger partial charge in [0.05, 0.1) is 0 Å². The van der Waals surface area contributed by atoms with Crippen molar-refractivity contribution in [1.82, 2.24) is 4.31 Å². The van der Waals surface area contributed by atoms with E-state index in [2.05, 4.69) is 0 Å². The molecule has 1 aromatic carbocycles. The predicted molar refractivity (Wildman–Crippen MR) is 70.2 cm³/mol. The average molecular weight is 280 g/mol. The minimum absolute atomic E-state index is 0.0998. The highest BCUT2D eigenvalue weighted by molar-refractivity contribution is 8.11. The van der Waals surface area contributed by atoms with Gasteiger partial charge in [0.2, 0.25) is 10.0 Å². The Morgan fingerprint density at radius 1 is 1.25 bits per heavy atom. The van der Waals surface area contributed by atoms with Crippen molar-refractivity contribution in [2.24, 2.45) is 0 Å². The van der Waals surface area contributed by atoms with Crippen LogP contribution in [0.5, 0.6) is 0 Å². The maximum Gasteiger partial charge on any atom is 0.222 e. The van der Waals surface area contributed by atoms with Gasteiger partial charge in [-0.05, 0) is 17.7 Å². The third-order valence-electron chi connectivity index (χ3n) is 1.97. The van der Waals surface area contributed by atoms with Gasteiger partial charge in [-0.2, -0.15) is 0 Å². The fourth-order valence-electron chi connectivity index (χ4n) is 0.951. The van der Waals surface area contributed by atoms with Gasteiger partial charge in [0, 0.05) is 24.9 Å². The van der Waals surface area contributed by atoms with Gasteiger partial charge in [0.15, 0.2) is 0 Å². The maximum atomic E-state index is 11.5. The van der Waals surface area contributed by atoms with Crippen molar-refractivity contribution >= 4 is 33.4 Å². The minimum atomic E-state index is -3.11. The lowest BCUT2D eigenvalue weighted by Gasteiger charge is -2.10. The molecule has 0 fully saturated rings. The Bertz CT molecular complexity index is 429. The van der Waals surface area contributed by atoms with E-state index >= 15 is 0 Å². The summed E-state index contributed by atoms with van der Waals surface area (Å²) in [7, 11) is -0.0265. The molecule has 0 radical (unpaired) electrons. The molecule has 1 rings (SSSR count). The van der Waals surface area contributed by atoms with Crippen LogP contribution in [0.3, 0.4) is 0 Å². The highest BCUT2D eigenvalue weighted by atomic mass is 35.5. The molecule has 3 nitrogen and oxygen atoms in total. The Morgan fingerprint density at radius 3 is 2.31 bits per heavy atom. The first-order valence-corrected chi connectivity index (χ1v) is 7.78. The summed E-state index contributed by atoms with van der Waals surface area (Å²) in [6, 6.07) is 7.41. The molecule has 6 heteroatoms. The van der Waals surface area contributed by atoms with E-state index in [9.17, 15) is 8.42 Å². The largest absolute Gasteiger partial charge is 0.222 e. The van der Waals surface area contributed by atoms with Crippen LogP contribution in [0.1, 0.15) is 5.56 Å². The molecular formula is C10H14ClNO2S2. The van der Waals surface area contributed by atoms with E-state index in [1.807, 2.05) is 12.1 Å². The Balaban J connectivity index is 2.45. The van der Waals surface area contributed by atoms with Crippen LogP contribution in [-0.4, -0.2) is 31.9 Å². The smallest absolute Gasteiger partial charge is 0.211 e. The van der Waals surface area contributed by atoms with Gasteiger partial charge in [0.25, 0.3) is 0 Å². The van der Waals surface area contributed by atoms with Crippen LogP contribution in [0.15, 0.2) is 24.3 Å². The zero-order valence-corrected chi connectivity index (χ0v) is 11.6. The second kappa shape index (κ2) is 5.91. The van der Waals surface area contributed by atoms with E-state index in [4.69, 9.17) is 11.6 Å². The fraction of sp³-hybridized carbons (Fsp3) is 0.400. The van der Waals surface area contributed by atoms with E-state index in [0.29, 0.717) is 10.8 Å². The van der Waals surface area contributed by atoms with Gasteiger partial charge in [-0.25, -0.2) is 12.7 Å². The first-order chi connectivity index (χ1) is 7.42. The topological polar surface area (TPSA) is 37.4 Å². The number of hydrogen-bond donors (Lipinski definition) is 0. The van der Waals surface area contributed by atoms with E-state index in [1.54, 1.807) is 12.1 Å². The van der Waals surface area contributed by atoms with Crippen molar-refractivity contribution in [3.05, 3.63) is 34.9 Å². The second-order valence-corrected chi connectivity index (χ2v) is 7.46. The van der Waals surface area contributed by atoms with Crippen LogP contribution >= 0.6 is 23.4 Å². The predicted octanol–water partition coefficient (Wildman–Crippen LogP) is 2.42. The molecule has 0 unspecified atom stereocenters. The molecular weight excluding hydrogens is 266 g/mol. The van der Waals surface area contributed by atoms with E-state index in [-0.39, 0.29) is 5.08 Å². The molecule has 0 aliphatic rings. The molecule has 0 spiro atoms. The molecule has 16 heavy (non-hydrogen) atoms. The van der Waals surface area contributed by atoms with E-state index < -0.39 is 10.0 Å². The molecule has 0 N–H and O–H groups in total. The summed E-state index contributed by atoms with van der Waals surface area (Å²) in [6.45, 7) is 0. The summed E-state index contributed by atoms with van der Waals surface area (Å²) < 4.78 is 24.2. The molecule has 0 aliphatic heterocycles. The van der Waals surface area contributed by atoms with Crippen molar-refractivity contribution in [3.63, 3.8) is 0 Å².